The van der Waals surface area contributed by atoms with E-state index in [4.69, 9.17) is 16.3 Å². The Morgan fingerprint density at radius 1 is 1.00 bits per heavy atom. The monoisotopic (exact) mass is 504 g/mol. The van der Waals surface area contributed by atoms with E-state index >= 15 is 0 Å². The molecule has 2 N–H and O–H groups in total. The topological polar surface area (TPSA) is 75.6 Å². The minimum Gasteiger partial charge on any atom is -0.480 e. The first-order valence-corrected chi connectivity index (χ1v) is 12.7. The number of aryl methyl sites for hydroxylation is 1. The molecule has 0 radical (unpaired) electrons. The van der Waals surface area contributed by atoms with Gasteiger partial charge in [0.15, 0.2) is 0 Å². The number of amides is 1. The molecule has 0 saturated heterocycles. The average Bonchev–Trinajstić information content (AvgIpc) is 2.83. The molecule has 3 aromatic rings. The van der Waals surface area contributed by atoms with Crippen molar-refractivity contribution in [1.29, 1.82) is 0 Å². The summed E-state index contributed by atoms with van der Waals surface area (Å²) in [6.07, 6.45) is 2.27. The van der Waals surface area contributed by atoms with Crippen LogP contribution in [0, 0.1) is 6.92 Å². The van der Waals surface area contributed by atoms with Gasteiger partial charge in [-0.15, -0.1) is 0 Å². The van der Waals surface area contributed by atoms with Crippen LogP contribution in [0.3, 0.4) is 0 Å². The van der Waals surface area contributed by atoms with Crippen LogP contribution in [0.15, 0.2) is 66.7 Å². The number of carbonyl (C=O) groups is 2. The first-order chi connectivity index (χ1) is 16.4. The van der Waals surface area contributed by atoms with Gasteiger partial charge < -0.3 is 15.2 Å². The number of hydrogen-bond donors (Lipinski definition) is 2. The number of aliphatic carboxylic acids is 1. The number of carboxylic acids is 1. The van der Waals surface area contributed by atoms with Crippen LogP contribution < -0.4 is 24.2 Å². The van der Waals surface area contributed by atoms with Crippen molar-refractivity contribution in [3.05, 3.63) is 94.0 Å². The number of halogens is 1. The molecule has 8 heteroatoms. The second kappa shape index (κ2) is 14.4. The molecule has 1 atom stereocenters. The molecule has 0 aromatic heterocycles. The van der Waals surface area contributed by atoms with Gasteiger partial charge in [0.05, 0.1) is 13.2 Å². The molecule has 0 heterocycles. The zero-order valence-electron chi connectivity index (χ0n) is 20.2. The molecular weight excluding hydrogens is 477 g/mol. The van der Waals surface area contributed by atoms with E-state index in [1.54, 1.807) is 17.8 Å². The third-order valence-electron chi connectivity index (χ3n) is 5.43. The number of thioether (sulfide) groups is 1. The summed E-state index contributed by atoms with van der Waals surface area (Å²) in [5.74, 6) is -0.793. The zero-order chi connectivity index (χ0) is 24.5. The summed E-state index contributed by atoms with van der Waals surface area (Å²) in [5, 5.41) is 12.9. The van der Waals surface area contributed by atoms with Crippen molar-refractivity contribution in [2.45, 2.75) is 32.6 Å². The van der Waals surface area contributed by atoms with Gasteiger partial charge in [-0.3, -0.25) is 4.79 Å². The summed E-state index contributed by atoms with van der Waals surface area (Å²) < 4.78 is 5.88. The van der Waals surface area contributed by atoms with Crippen LogP contribution in [0.4, 0.5) is 0 Å². The number of nitrogens with one attached hydrogen (secondary N) is 1. The molecule has 0 aliphatic carbocycles. The fourth-order valence-electron chi connectivity index (χ4n) is 3.57. The van der Waals surface area contributed by atoms with Crippen molar-refractivity contribution in [2.24, 2.45) is 0 Å². The molecule has 0 saturated carbocycles. The number of ether oxygens (including phenoxy) is 1. The van der Waals surface area contributed by atoms with E-state index in [1.165, 1.54) is 0 Å². The number of carbonyl (C=O) groups excluding carboxylic acids is 1. The third-order valence-corrected chi connectivity index (χ3v) is 6.32. The molecule has 35 heavy (non-hydrogen) atoms. The maximum atomic E-state index is 13.1. The van der Waals surface area contributed by atoms with Crippen molar-refractivity contribution in [3.8, 4) is 11.1 Å². The fourth-order valence-corrected chi connectivity index (χ4v) is 4.17. The predicted octanol–water partition coefficient (Wildman–Crippen LogP) is 2.97. The Kier molecular flexibility index (Phi) is 11.9. The van der Waals surface area contributed by atoms with Gasteiger partial charge in [0.1, 0.15) is 6.04 Å². The Labute approximate surface area is 227 Å². The van der Waals surface area contributed by atoms with Crippen molar-refractivity contribution >= 4 is 35.2 Å². The molecule has 0 spiro atoms. The molecule has 178 valence electrons. The van der Waals surface area contributed by atoms with E-state index < -0.39 is 17.9 Å². The molecular formula is C27H28ClLiNO4S+. The summed E-state index contributed by atoms with van der Waals surface area (Å²) in [6.45, 7) is 2.79. The molecule has 0 aliphatic rings. The van der Waals surface area contributed by atoms with Gasteiger partial charge in [-0.1, -0.05) is 54.1 Å². The SMILES string of the molecule is CSCCC(NC(=O)c1ccc(COCc2ccc(Cl)cc2)cc1-c1ccccc1C)C(=O)O.[Li+]. The normalized spacial score (nSPS) is 11.4. The van der Waals surface area contributed by atoms with Gasteiger partial charge in [-0.05, 0) is 77.4 Å². The fraction of sp³-hybridized carbons (Fsp3) is 0.259. The Morgan fingerprint density at radius 2 is 1.66 bits per heavy atom. The average molecular weight is 505 g/mol. The van der Waals surface area contributed by atoms with E-state index in [9.17, 15) is 14.7 Å². The molecule has 1 amide bonds. The number of hydrogen-bond acceptors (Lipinski definition) is 4. The Balaban J connectivity index is 0.00000432. The van der Waals surface area contributed by atoms with Crippen molar-refractivity contribution in [2.75, 3.05) is 12.0 Å². The van der Waals surface area contributed by atoms with Crippen molar-refractivity contribution in [1.82, 2.24) is 5.32 Å². The largest absolute Gasteiger partial charge is 1.00 e. The smallest absolute Gasteiger partial charge is 0.480 e. The Morgan fingerprint density at radius 3 is 2.31 bits per heavy atom. The number of benzene rings is 3. The van der Waals surface area contributed by atoms with Gasteiger partial charge in [-0.2, -0.15) is 11.8 Å². The molecule has 5 nitrogen and oxygen atoms in total. The van der Waals surface area contributed by atoms with E-state index in [1.807, 2.05) is 73.8 Å². The zero-order valence-corrected chi connectivity index (χ0v) is 21.8. The van der Waals surface area contributed by atoms with Crippen LogP contribution in [0.1, 0.15) is 33.5 Å². The van der Waals surface area contributed by atoms with Crippen LogP contribution in [0.5, 0.6) is 0 Å². The van der Waals surface area contributed by atoms with E-state index in [0.717, 1.165) is 27.8 Å². The summed E-state index contributed by atoms with van der Waals surface area (Å²) in [6, 6.07) is 19.9. The van der Waals surface area contributed by atoms with E-state index in [-0.39, 0.29) is 18.9 Å². The summed E-state index contributed by atoms with van der Waals surface area (Å²) in [5.41, 5.74) is 5.06. The van der Waals surface area contributed by atoms with Gasteiger partial charge in [0.25, 0.3) is 5.91 Å². The van der Waals surface area contributed by atoms with Crippen molar-refractivity contribution in [3.63, 3.8) is 0 Å². The second-order valence-corrected chi connectivity index (χ2v) is 9.38. The minimum atomic E-state index is -1.04. The number of carboxylic acid groups (broad SMARTS) is 1. The van der Waals surface area contributed by atoms with Crippen LogP contribution in [0.2, 0.25) is 5.02 Å². The van der Waals surface area contributed by atoms with E-state index in [2.05, 4.69) is 5.32 Å². The molecule has 0 aliphatic heterocycles. The summed E-state index contributed by atoms with van der Waals surface area (Å²) in [4.78, 5) is 24.8. The number of rotatable bonds is 11. The predicted molar refractivity (Wildman–Crippen MR) is 138 cm³/mol. The maximum Gasteiger partial charge on any atom is 1.00 e. The molecule has 0 bridgehead atoms. The van der Waals surface area contributed by atoms with E-state index in [0.29, 0.717) is 36.0 Å². The molecule has 3 aromatic carbocycles. The quantitative estimate of drug-likeness (QED) is 0.393. The van der Waals surface area contributed by atoms with Crippen LogP contribution >= 0.6 is 23.4 Å². The van der Waals surface area contributed by atoms with Gasteiger partial charge >= 0.3 is 24.8 Å². The van der Waals surface area contributed by atoms with Crippen LogP contribution in [-0.4, -0.2) is 35.0 Å². The van der Waals surface area contributed by atoms with Gasteiger partial charge in [0.2, 0.25) is 0 Å². The first kappa shape index (κ1) is 29.0. The minimum absolute atomic E-state index is 0. The van der Waals surface area contributed by atoms with Gasteiger partial charge in [-0.25, -0.2) is 4.79 Å². The second-order valence-electron chi connectivity index (χ2n) is 7.96. The molecule has 1 unspecified atom stereocenters. The first-order valence-electron chi connectivity index (χ1n) is 10.9. The van der Waals surface area contributed by atoms with Crippen LogP contribution in [-0.2, 0) is 22.7 Å². The van der Waals surface area contributed by atoms with Crippen molar-refractivity contribution < 1.29 is 38.3 Å². The molecule has 3 rings (SSSR count). The maximum absolute atomic E-state index is 13.1. The molecule has 0 fully saturated rings. The van der Waals surface area contributed by atoms with Crippen LogP contribution in [0.25, 0.3) is 11.1 Å². The summed E-state index contributed by atoms with van der Waals surface area (Å²) in [7, 11) is 0. The Hall–Kier alpha value is -2.20. The van der Waals surface area contributed by atoms with Gasteiger partial charge in [0, 0.05) is 10.6 Å². The summed E-state index contributed by atoms with van der Waals surface area (Å²) >= 11 is 7.48. The standard InChI is InChI=1S/C27H28ClNO4S.Li/c1-18-5-3-4-6-22(18)24-15-20(17-33-16-19-7-10-21(28)11-8-19)9-12-23(24)26(30)29-25(27(31)32)13-14-34-2;/h3-12,15,25H,13-14,16-17H2,1-2H3,(H,29,30)(H,31,32);/q;+1. The third kappa shape index (κ3) is 8.45. The Bertz CT molecular complexity index is 1140.